The SMILES string of the molecule is Cc1nc(/C=C/C(=O)OCC(=O)c2ccc(F)cc2F)cs1. The van der Waals surface area contributed by atoms with Crippen LogP contribution in [0.5, 0.6) is 0 Å². The van der Waals surface area contributed by atoms with Gasteiger partial charge in [-0.05, 0) is 25.1 Å². The zero-order valence-corrected chi connectivity index (χ0v) is 12.3. The number of benzene rings is 1. The van der Waals surface area contributed by atoms with Crippen molar-refractivity contribution < 1.29 is 23.1 Å². The van der Waals surface area contributed by atoms with Crippen molar-refractivity contribution in [3.8, 4) is 0 Å². The van der Waals surface area contributed by atoms with Crippen LogP contribution in [0.3, 0.4) is 0 Å². The molecule has 22 heavy (non-hydrogen) atoms. The van der Waals surface area contributed by atoms with Gasteiger partial charge in [-0.1, -0.05) is 0 Å². The molecule has 0 N–H and O–H groups in total. The number of ketones is 1. The molecule has 1 aromatic heterocycles. The molecular formula is C15H11F2NO3S. The highest BCUT2D eigenvalue weighted by atomic mass is 32.1. The van der Waals surface area contributed by atoms with E-state index in [2.05, 4.69) is 4.98 Å². The van der Waals surface area contributed by atoms with Crippen LogP contribution in [0.1, 0.15) is 21.1 Å². The van der Waals surface area contributed by atoms with Crippen LogP contribution in [0.4, 0.5) is 8.78 Å². The smallest absolute Gasteiger partial charge is 0.331 e. The van der Waals surface area contributed by atoms with Crippen LogP contribution in [0.15, 0.2) is 29.7 Å². The zero-order chi connectivity index (χ0) is 16.1. The molecule has 0 aliphatic carbocycles. The van der Waals surface area contributed by atoms with Gasteiger partial charge in [-0.3, -0.25) is 4.79 Å². The van der Waals surface area contributed by atoms with Gasteiger partial charge in [0.15, 0.2) is 6.61 Å². The Bertz CT molecular complexity index is 740. The molecule has 0 aliphatic rings. The molecule has 7 heteroatoms. The molecule has 1 aromatic carbocycles. The van der Waals surface area contributed by atoms with E-state index in [0.29, 0.717) is 11.8 Å². The fourth-order valence-corrected chi connectivity index (χ4v) is 2.17. The summed E-state index contributed by atoms with van der Waals surface area (Å²) in [5.41, 5.74) is 0.281. The van der Waals surface area contributed by atoms with Gasteiger partial charge in [-0.15, -0.1) is 11.3 Å². The van der Waals surface area contributed by atoms with E-state index in [1.165, 1.54) is 17.4 Å². The van der Waals surface area contributed by atoms with Crippen molar-refractivity contribution in [3.05, 3.63) is 57.6 Å². The van der Waals surface area contributed by atoms with E-state index in [0.717, 1.165) is 23.2 Å². The van der Waals surface area contributed by atoms with Crippen LogP contribution in [-0.4, -0.2) is 23.3 Å². The fourth-order valence-electron chi connectivity index (χ4n) is 1.59. The predicted molar refractivity (Wildman–Crippen MR) is 77.5 cm³/mol. The van der Waals surface area contributed by atoms with E-state index < -0.39 is 30.0 Å². The first kappa shape index (κ1) is 16.0. The van der Waals surface area contributed by atoms with Crippen LogP contribution < -0.4 is 0 Å². The molecule has 0 fully saturated rings. The molecular weight excluding hydrogens is 312 g/mol. The average Bonchev–Trinajstić information content (AvgIpc) is 2.88. The second-order valence-electron chi connectivity index (χ2n) is 4.28. The highest BCUT2D eigenvalue weighted by Crippen LogP contribution is 2.11. The molecule has 0 saturated heterocycles. The lowest BCUT2D eigenvalue weighted by molar-refractivity contribution is -0.136. The van der Waals surface area contributed by atoms with Crippen molar-refractivity contribution in [2.24, 2.45) is 0 Å². The Kier molecular flexibility index (Phi) is 5.11. The third kappa shape index (κ3) is 4.29. The summed E-state index contributed by atoms with van der Waals surface area (Å²) < 4.78 is 30.8. The fraction of sp³-hybridized carbons (Fsp3) is 0.133. The summed E-state index contributed by atoms with van der Waals surface area (Å²) in [4.78, 5) is 27.3. The minimum Gasteiger partial charge on any atom is -0.454 e. The molecule has 2 aromatic rings. The van der Waals surface area contributed by atoms with Gasteiger partial charge >= 0.3 is 5.97 Å². The normalized spacial score (nSPS) is 10.9. The van der Waals surface area contributed by atoms with E-state index in [1.807, 2.05) is 6.92 Å². The molecule has 4 nitrogen and oxygen atoms in total. The number of Topliss-reactive ketones (excluding diaryl/α,β-unsaturated/α-hetero) is 1. The Morgan fingerprint density at radius 2 is 2.14 bits per heavy atom. The summed E-state index contributed by atoms with van der Waals surface area (Å²) in [5.74, 6) is -3.27. The molecule has 0 unspecified atom stereocenters. The quantitative estimate of drug-likeness (QED) is 0.482. The lowest BCUT2D eigenvalue weighted by Gasteiger charge is -2.03. The van der Waals surface area contributed by atoms with Gasteiger partial charge < -0.3 is 4.74 Å². The average molecular weight is 323 g/mol. The molecule has 114 valence electrons. The number of thiazole rings is 1. The Morgan fingerprint density at radius 1 is 1.36 bits per heavy atom. The Morgan fingerprint density at radius 3 is 2.77 bits per heavy atom. The summed E-state index contributed by atoms with van der Waals surface area (Å²) in [6, 6.07) is 2.57. The van der Waals surface area contributed by atoms with Gasteiger partial charge in [0.25, 0.3) is 0 Å². The summed E-state index contributed by atoms with van der Waals surface area (Å²) in [6.45, 7) is 1.21. The predicted octanol–water partition coefficient (Wildman–Crippen LogP) is 3.17. The number of aromatic nitrogens is 1. The van der Waals surface area contributed by atoms with Crippen molar-refractivity contribution in [2.75, 3.05) is 6.61 Å². The van der Waals surface area contributed by atoms with Crippen molar-refractivity contribution in [1.29, 1.82) is 0 Å². The maximum Gasteiger partial charge on any atom is 0.331 e. The van der Waals surface area contributed by atoms with Crippen molar-refractivity contribution in [3.63, 3.8) is 0 Å². The molecule has 0 radical (unpaired) electrons. The van der Waals surface area contributed by atoms with E-state index in [9.17, 15) is 18.4 Å². The number of rotatable bonds is 5. The van der Waals surface area contributed by atoms with Crippen molar-refractivity contribution in [1.82, 2.24) is 4.98 Å². The molecule has 1 heterocycles. The van der Waals surface area contributed by atoms with Crippen molar-refractivity contribution >= 4 is 29.2 Å². The number of esters is 1. The maximum atomic E-state index is 13.4. The number of ether oxygens (including phenoxy) is 1. The van der Waals surface area contributed by atoms with E-state index in [-0.39, 0.29) is 5.56 Å². The van der Waals surface area contributed by atoms with Crippen LogP contribution in [-0.2, 0) is 9.53 Å². The molecule has 0 saturated carbocycles. The minimum atomic E-state index is -0.991. The summed E-state index contributed by atoms with van der Waals surface area (Å²) in [6.07, 6.45) is 2.58. The highest BCUT2D eigenvalue weighted by Gasteiger charge is 2.14. The van der Waals surface area contributed by atoms with Crippen LogP contribution in [0, 0.1) is 18.6 Å². The minimum absolute atomic E-state index is 0.326. The maximum absolute atomic E-state index is 13.4. The Balaban J connectivity index is 1.90. The molecule has 2 rings (SSSR count). The molecule has 0 bridgehead atoms. The number of hydrogen-bond donors (Lipinski definition) is 0. The Hall–Kier alpha value is -2.41. The van der Waals surface area contributed by atoms with E-state index in [4.69, 9.17) is 4.74 Å². The van der Waals surface area contributed by atoms with Gasteiger partial charge in [0, 0.05) is 17.5 Å². The molecule has 0 aliphatic heterocycles. The van der Waals surface area contributed by atoms with Crippen LogP contribution >= 0.6 is 11.3 Å². The zero-order valence-electron chi connectivity index (χ0n) is 11.5. The molecule has 0 atom stereocenters. The standard InChI is InChI=1S/C15H11F2NO3S/c1-9-18-11(8-22-9)3-5-15(20)21-7-14(19)12-4-2-10(16)6-13(12)17/h2-6,8H,7H2,1H3/b5-3+. The highest BCUT2D eigenvalue weighted by molar-refractivity contribution is 7.09. The first-order valence-electron chi connectivity index (χ1n) is 6.21. The van der Waals surface area contributed by atoms with Crippen LogP contribution in [0.25, 0.3) is 6.08 Å². The topological polar surface area (TPSA) is 56.3 Å². The number of carbonyl (C=O) groups is 2. The van der Waals surface area contributed by atoms with Crippen LogP contribution in [0.2, 0.25) is 0 Å². The third-order valence-electron chi connectivity index (χ3n) is 2.60. The molecule has 0 spiro atoms. The number of hydrogen-bond acceptors (Lipinski definition) is 5. The van der Waals surface area contributed by atoms with Crippen molar-refractivity contribution in [2.45, 2.75) is 6.92 Å². The van der Waals surface area contributed by atoms with Gasteiger partial charge in [0.2, 0.25) is 5.78 Å². The van der Waals surface area contributed by atoms with E-state index >= 15 is 0 Å². The second-order valence-corrected chi connectivity index (χ2v) is 5.34. The summed E-state index contributed by atoms with van der Waals surface area (Å²) >= 11 is 1.43. The monoisotopic (exact) mass is 323 g/mol. The summed E-state index contributed by atoms with van der Waals surface area (Å²) in [7, 11) is 0. The van der Waals surface area contributed by atoms with Gasteiger partial charge in [-0.25, -0.2) is 18.6 Å². The lowest BCUT2D eigenvalue weighted by atomic mass is 10.1. The third-order valence-corrected chi connectivity index (χ3v) is 3.40. The summed E-state index contributed by atoms with van der Waals surface area (Å²) in [5, 5.41) is 2.62. The largest absolute Gasteiger partial charge is 0.454 e. The number of halogens is 2. The van der Waals surface area contributed by atoms with Gasteiger partial charge in [-0.2, -0.15) is 0 Å². The molecule has 0 amide bonds. The second kappa shape index (κ2) is 7.04. The Labute approximate surface area is 129 Å². The van der Waals surface area contributed by atoms with Gasteiger partial charge in [0.1, 0.15) is 11.6 Å². The number of aryl methyl sites for hydroxylation is 1. The number of carbonyl (C=O) groups excluding carboxylic acids is 2. The first-order chi connectivity index (χ1) is 10.5. The number of nitrogens with zero attached hydrogens (tertiary/aromatic N) is 1. The lowest BCUT2D eigenvalue weighted by Crippen LogP contribution is -2.14. The first-order valence-corrected chi connectivity index (χ1v) is 7.09. The van der Waals surface area contributed by atoms with E-state index in [1.54, 1.807) is 5.38 Å². The van der Waals surface area contributed by atoms with Gasteiger partial charge in [0.05, 0.1) is 16.3 Å².